The van der Waals surface area contributed by atoms with Gasteiger partial charge in [-0.1, -0.05) is 13.8 Å². The quantitative estimate of drug-likeness (QED) is 0.749. The molecule has 0 aliphatic rings. The molecule has 7 nitrogen and oxygen atoms in total. The van der Waals surface area contributed by atoms with Crippen molar-refractivity contribution in [1.82, 2.24) is 14.3 Å². The fourth-order valence-corrected chi connectivity index (χ4v) is 4.03. The number of nitrogen functional groups attached to an aromatic ring is 1. The lowest BCUT2D eigenvalue weighted by Crippen LogP contribution is -2.14. The molecule has 0 fully saturated rings. The first-order valence-electron chi connectivity index (χ1n) is 6.23. The van der Waals surface area contributed by atoms with Crippen LogP contribution in [0.2, 0.25) is 0 Å². The van der Waals surface area contributed by atoms with Gasteiger partial charge in [0, 0.05) is 12.4 Å². The Bertz CT molecular complexity index is 663. The van der Waals surface area contributed by atoms with Crippen LogP contribution in [-0.2, 0) is 9.84 Å². The Morgan fingerprint density at radius 3 is 2.80 bits per heavy atom. The van der Waals surface area contributed by atoms with Crippen molar-refractivity contribution < 1.29 is 8.42 Å². The van der Waals surface area contributed by atoms with Crippen LogP contribution in [0.4, 0.5) is 10.8 Å². The zero-order valence-corrected chi connectivity index (χ0v) is 12.9. The van der Waals surface area contributed by atoms with Crippen LogP contribution in [0.1, 0.15) is 32.1 Å². The van der Waals surface area contributed by atoms with Crippen molar-refractivity contribution in [2.45, 2.75) is 31.2 Å². The van der Waals surface area contributed by atoms with Gasteiger partial charge in [-0.3, -0.25) is 0 Å². The zero-order chi connectivity index (χ0) is 14.8. The van der Waals surface area contributed by atoms with E-state index in [0.29, 0.717) is 5.00 Å². The van der Waals surface area contributed by atoms with E-state index in [1.165, 1.54) is 0 Å². The number of aromatic nitrogens is 3. The second-order valence-electron chi connectivity index (χ2n) is 4.21. The van der Waals surface area contributed by atoms with E-state index < -0.39 is 9.84 Å². The van der Waals surface area contributed by atoms with Gasteiger partial charge in [0.2, 0.25) is 0 Å². The molecule has 2 heterocycles. The van der Waals surface area contributed by atoms with Gasteiger partial charge < -0.3 is 16.0 Å². The van der Waals surface area contributed by atoms with Crippen LogP contribution in [0, 0.1) is 0 Å². The molecule has 0 spiro atoms. The zero-order valence-electron chi connectivity index (χ0n) is 11.3. The van der Waals surface area contributed by atoms with Crippen molar-refractivity contribution in [3.8, 4) is 0 Å². The second kappa shape index (κ2) is 5.80. The first-order chi connectivity index (χ1) is 9.49. The van der Waals surface area contributed by atoms with E-state index in [-0.39, 0.29) is 22.5 Å². The average molecular weight is 315 g/mol. The van der Waals surface area contributed by atoms with Crippen molar-refractivity contribution in [2.75, 3.05) is 16.8 Å². The Morgan fingerprint density at radius 2 is 2.25 bits per heavy atom. The fourth-order valence-electron chi connectivity index (χ4n) is 1.82. The van der Waals surface area contributed by atoms with E-state index in [0.717, 1.165) is 23.8 Å². The van der Waals surface area contributed by atoms with Gasteiger partial charge in [-0.15, -0.1) is 0 Å². The Hall–Kier alpha value is -1.61. The van der Waals surface area contributed by atoms with E-state index in [1.54, 1.807) is 19.3 Å². The second-order valence-corrected chi connectivity index (χ2v) is 7.20. The van der Waals surface area contributed by atoms with Gasteiger partial charge in [0.15, 0.2) is 15.7 Å². The molecule has 0 radical (unpaired) electrons. The Balaban J connectivity index is 2.35. The predicted octanol–water partition coefficient (Wildman–Crippen LogP) is 1.81. The molecule has 0 saturated heterocycles. The normalized spacial score (nSPS) is 13.3. The summed E-state index contributed by atoms with van der Waals surface area (Å²) < 4.78 is 28.1. The minimum Gasteiger partial charge on any atom is -0.382 e. The molecule has 4 N–H and O–H groups in total. The Labute approximate surface area is 121 Å². The molecule has 1 unspecified atom stereocenters. The summed E-state index contributed by atoms with van der Waals surface area (Å²) in [5.41, 5.74) is 5.70. The lowest BCUT2D eigenvalue weighted by molar-refractivity contribution is 0.597. The number of aromatic amines is 1. The van der Waals surface area contributed by atoms with Crippen LogP contribution in [0.25, 0.3) is 0 Å². The highest BCUT2D eigenvalue weighted by Gasteiger charge is 2.25. The molecular formula is C11H17N5O2S2. The SMILES string of the molecule is CCC(Nc1snc(N)c1S(=O)(=O)CC)c1ncc[nH]1. The first kappa shape index (κ1) is 14.8. The van der Waals surface area contributed by atoms with Crippen LogP contribution in [0.5, 0.6) is 0 Å². The molecule has 2 aromatic heterocycles. The van der Waals surface area contributed by atoms with E-state index in [4.69, 9.17) is 5.73 Å². The third-order valence-electron chi connectivity index (χ3n) is 2.93. The number of hydrogen-bond donors (Lipinski definition) is 3. The van der Waals surface area contributed by atoms with Crippen molar-refractivity contribution in [3.05, 3.63) is 18.2 Å². The van der Waals surface area contributed by atoms with Crippen molar-refractivity contribution >= 4 is 32.2 Å². The number of nitrogens with two attached hydrogens (primary N) is 1. The Morgan fingerprint density at radius 1 is 1.50 bits per heavy atom. The van der Waals surface area contributed by atoms with Crippen LogP contribution in [0.3, 0.4) is 0 Å². The molecule has 0 aromatic carbocycles. The highest BCUT2D eigenvalue weighted by molar-refractivity contribution is 7.91. The molecule has 0 saturated carbocycles. The lowest BCUT2D eigenvalue weighted by Gasteiger charge is -2.15. The predicted molar refractivity (Wildman–Crippen MR) is 79.5 cm³/mol. The first-order valence-corrected chi connectivity index (χ1v) is 8.65. The summed E-state index contributed by atoms with van der Waals surface area (Å²) in [5.74, 6) is 0.787. The van der Waals surface area contributed by atoms with Crippen molar-refractivity contribution in [1.29, 1.82) is 0 Å². The van der Waals surface area contributed by atoms with Gasteiger partial charge in [0.05, 0.1) is 11.8 Å². The summed E-state index contributed by atoms with van der Waals surface area (Å²) in [6.45, 7) is 3.57. The fraction of sp³-hybridized carbons (Fsp3) is 0.455. The highest BCUT2D eigenvalue weighted by Crippen LogP contribution is 2.34. The molecule has 110 valence electrons. The third kappa shape index (κ3) is 2.78. The molecule has 1 atom stereocenters. The van der Waals surface area contributed by atoms with E-state index in [2.05, 4.69) is 19.7 Å². The molecule has 0 amide bonds. The average Bonchev–Trinajstić information content (AvgIpc) is 3.05. The summed E-state index contributed by atoms with van der Waals surface area (Å²) >= 11 is 1.05. The largest absolute Gasteiger partial charge is 0.382 e. The number of H-pyrrole nitrogens is 1. The lowest BCUT2D eigenvalue weighted by atomic mass is 10.2. The summed E-state index contributed by atoms with van der Waals surface area (Å²) in [4.78, 5) is 7.30. The highest BCUT2D eigenvalue weighted by atomic mass is 32.2. The summed E-state index contributed by atoms with van der Waals surface area (Å²) in [7, 11) is -3.41. The minimum atomic E-state index is -3.41. The Kier molecular flexibility index (Phi) is 4.29. The van der Waals surface area contributed by atoms with Gasteiger partial charge in [-0.05, 0) is 18.0 Å². The molecule has 9 heteroatoms. The number of sulfone groups is 1. The van der Waals surface area contributed by atoms with Gasteiger partial charge in [-0.2, -0.15) is 4.37 Å². The van der Waals surface area contributed by atoms with E-state index in [9.17, 15) is 8.42 Å². The van der Waals surface area contributed by atoms with Gasteiger partial charge >= 0.3 is 0 Å². The molecule has 2 rings (SSSR count). The van der Waals surface area contributed by atoms with Crippen molar-refractivity contribution in [2.24, 2.45) is 0 Å². The molecule has 0 aliphatic heterocycles. The van der Waals surface area contributed by atoms with E-state index in [1.807, 2.05) is 6.92 Å². The molecule has 20 heavy (non-hydrogen) atoms. The number of anilines is 2. The maximum Gasteiger partial charge on any atom is 0.184 e. The number of nitrogens with zero attached hydrogens (tertiary/aromatic N) is 2. The van der Waals surface area contributed by atoms with Gasteiger partial charge in [0.25, 0.3) is 0 Å². The van der Waals surface area contributed by atoms with Crippen LogP contribution in [0.15, 0.2) is 17.3 Å². The smallest absolute Gasteiger partial charge is 0.184 e. The molecular weight excluding hydrogens is 298 g/mol. The maximum absolute atomic E-state index is 12.1. The molecule has 2 aromatic rings. The molecule has 0 aliphatic carbocycles. The van der Waals surface area contributed by atoms with Crippen LogP contribution >= 0.6 is 11.5 Å². The number of imidazole rings is 1. The van der Waals surface area contributed by atoms with Gasteiger partial charge in [0.1, 0.15) is 15.7 Å². The number of nitrogens with one attached hydrogen (secondary N) is 2. The van der Waals surface area contributed by atoms with Crippen LogP contribution < -0.4 is 11.1 Å². The van der Waals surface area contributed by atoms with Crippen molar-refractivity contribution in [3.63, 3.8) is 0 Å². The van der Waals surface area contributed by atoms with Gasteiger partial charge in [-0.25, -0.2) is 13.4 Å². The molecule has 0 bridgehead atoms. The maximum atomic E-state index is 12.1. The van der Waals surface area contributed by atoms with Crippen LogP contribution in [-0.4, -0.2) is 28.5 Å². The monoisotopic (exact) mass is 315 g/mol. The third-order valence-corrected chi connectivity index (χ3v) is 5.65. The summed E-state index contributed by atoms with van der Waals surface area (Å²) in [6, 6.07) is -0.115. The van der Waals surface area contributed by atoms with E-state index >= 15 is 0 Å². The standard InChI is InChI=1S/C11H17N5O2S2/c1-3-7(10-13-5-6-14-10)15-11-8(9(12)16-19-11)20(17,18)4-2/h5-7,15H,3-4H2,1-2H3,(H2,12,16)(H,13,14). The summed E-state index contributed by atoms with van der Waals surface area (Å²) in [6.07, 6.45) is 4.13. The number of hydrogen-bond acceptors (Lipinski definition) is 7. The summed E-state index contributed by atoms with van der Waals surface area (Å²) in [5, 5.41) is 3.63. The number of rotatable bonds is 6. The topological polar surface area (TPSA) is 114 Å². The minimum absolute atomic E-state index is 0.0121.